The van der Waals surface area contributed by atoms with Crippen LogP contribution in [-0.2, 0) is 0 Å². The van der Waals surface area contributed by atoms with Gasteiger partial charge in [0.05, 0.1) is 13.2 Å². The third-order valence-electron chi connectivity index (χ3n) is 0.710. The highest BCUT2D eigenvalue weighted by molar-refractivity contribution is 4.60. The maximum atomic E-state index is 8.17. The van der Waals surface area contributed by atoms with Crippen LogP contribution in [0.3, 0.4) is 0 Å². The molecule has 0 radical (unpaired) electrons. The van der Waals surface area contributed by atoms with Crippen molar-refractivity contribution < 1.29 is 15.3 Å². The van der Waals surface area contributed by atoms with E-state index in [1.165, 1.54) is 0 Å². The van der Waals surface area contributed by atoms with Crippen molar-refractivity contribution in [1.29, 1.82) is 0 Å². The van der Waals surface area contributed by atoms with Crippen LogP contribution < -0.4 is 0 Å². The topological polar surface area (TPSA) is 60.7 Å². The maximum Gasteiger partial charge on any atom is 0.100 e. The monoisotopic (exact) mass is 148 g/mol. The van der Waals surface area contributed by atoms with E-state index in [1.807, 2.05) is 6.08 Å². The largest absolute Gasteiger partial charge is 0.394 e. The minimum Gasteiger partial charge on any atom is -0.394 e. The van der Waals surface area contributed by atoms with Crippen molar-refractivity contribution in [2.24, 2.45) is 0 Å². The third kappa shape index (κ3) is 15.6. The Labute approximate surface area is 61.6 Å². The Morgan fingerprint density at radius 3 is 1.70 bits per heavy atom. The molecule has 0 fully saturated rings. The van der Waals surface area contributed by atoms with E-state index in [-0.39, 0.29) is 13.2 Å². The van der Waals surface area contributed by atoms with Gasteiger partial charge in [0.25, 0.3) is 0 Å². The van der Waals surface area contributed by atoms with E-state index in [1.54, 1.807) is 0 Å². The average molecular weight is 148 g/mol. The van der Waals surface area contributed by atoms with Gasteiger partial charge in [-0.05, 0) is 6.42 Å². The van der Waals surface area contributed by atoms with Crippen molar-refractivity contribution in [3.8, 4) is 0 Å². The summed E-state index contributed by atoms with van der Waals surface area (Å²) in [6, 6.07) is 0. The Kier molecular flexibility index (Phi) is 14.1. The number of aliphatic hydroxyl groups excluding tert-OH is 3. The van der Waals surface area contributed by atoms with Crippen molar-refractivity contribution in [2.45, 2.75) is 19.4 Å². The summed E-state index contributed by atoms with van der Waals surface area (Å²) in [5, 5.41) is 24.0. The summed E-state index contributed by atoms with van der Waals surface area (Å²) in [5.41, 5.74) is 0. The highest BCUT2D eigenvalue weighted by Crippen LogP contribution is 1.71. The average Bonchev–Trinajstić information content (AvgIpc) is 2.03. The van der Waals surface area contributed by atoms with Crippen LogP contribution in [0.25, 0.3) is 0 Å². The zero-order valence-electron chi connectivity index (χ0n) is 6.32. The molecular weight excluding hydrogens is 132 g/mol. The van der Waals surface area contributed by atoms with Gasteiger partial charge in [0, 0.05) is 0 Å². The first-order chi connectivity index (χ1) is 4.72. The second-order valence-electron chi connectivity index (χ2n) is 1.72. The van der Waals surface area contributed by atoms with Crippen LogP contribution in [0.4, 0.5) is 0 Å². The minimum absolute atomic E-state index is 0.365. The molecule has 3 heteroatoms. The fourth-order valence-corrected chi connectivity index (χ4v) is 0.0577. The highest BCUT2D eigenvalue weighted by atomic mass is 16.3. The predicted molar refractivity (Wildman–Crippen MR) is 40.7 cm³/mol. The standard InChI is InChI=1S/C4H8.C3H8O3/c1-3-4-2;4-1-3(6)2-5/h3H,1,4H2,2H3;3-6H,1-2H2. The van der Waals surface area contributed by atoms with Gasteiger partial charge in [-0.3, -0.25) is 0 Å². The lowest BCUT2D eigenvalue weighted by Crippen LogP contribution is -2.15. The molecule has 0 spiro atoms. The Balaban J connectivity index is 0. The zero-order valence-corrected chi connectivity index (χ0v) is 6.32. The SMILES string of the molecule is C=CCC.OCC(O)CO. The maximum absolute atomic E-state index is 8.17. The third-order valence-corrected chi connectivity index (χ3v) is 0.710. The molecule has 0 aromatic rings. The summed E-state index contributed by atoms with van der Waals surface area (Å²) >= 11 is 0. The summed E-state index contributed by atoms with van der Waals surface area (Å²) in [7, 11) is 0. The van der Waals surface area contributed by atoms with E-state index >= 15 is 0 Å². The smallest absolute Gasteiger partial charge is 0.100 e. The molecule has 0 saturated carbocycles. The van der Waals surface area contributed by atoms with Gasteiger partial charge in [0.2, 0.25) is 0 Å². The summed E-state index contributed by atoms with van der Waals surface area (Å²) in [4.78, 5) is 0. The molecule has 3 nitrogen and oxygen atoms in total. The number of hydrogen-bond acceptors (Lipinski definition) is 3. The van der Waals surface area contributed by atoms with Gasteiger partial charge >= 0.3 is 0 Å². The first-order valence-electron chi connectivity index (χ1n) is 3.23. The molecular formula is C7H16O3. The van der Waals surface area contributed by atoms with E-state index in [4.69, 9.17) is 15.3 Å². The van der Waals surface area contributed by atoms with Crippen LogP contribution in [0, 0.1) is 0 Å². The Bertz CT molecular complexity index is 59.9. The Hall–Kier alpha value is -0.380. The van der Waals surface area contributed by atoms with Crippen molar-refractivity contribution in [3.63, 3.8) is 0 Å². The second kappa shape index (κ2) is 11.4. The summed E-state index contributed by atoms with van der Waals surface area (Å²) in [6.07, 6.45) is 2.00. The first kappa shape index (κ1) is 12.3. The quantitative estimate of drug-likeness (QED) is 0.490. The molecule has 3 N–H and O–H groups in total. The zero-order chi connectivity index (χ0) is 8.41. The number of allylic oxidation sites excluding steroid dienone is 1. The van der Waals surface area contributed by atoms with Crippen molar-refractivity contribution >= 4 is 0 Å². The second-order valence-corrected chi connectivity index (χ2v) is 1.72. The molecule has 0 aliphatic rings. The molecule has 0 atom stereocenters. The molecule has 0 aromatic heterocycles. The fraction of sp³-hybridized carbons (Fsp3) is 0.714. The number of rotatable bonds is 3. The van der Waals surface area contributed by atoms with E-state index < -0.39 is 6.10 Å². The molecule has 0 saturated heterocycles. The Morgan fingerprint density at radius 2 is 1.70 bits per heavy atom. The van der Waals surface area contributed by atoms with Crippen LogP contribution in [0.5, 0.6) is 0 Å². The van der Waals surface area contributed by atoms with Crippen molar-refractivity contribution in [2.75, 3.05) is 13.2 Å². The van der Waals surface area contributed by atoms with Crippen LogP contribution in [-0.4, -0.2) is 34.6 Å². The van der Waals surface area contributed by atoms with Crippen LogP contribution in [0.15, 0.2) is 12.7 Å². The lowest BCUT2D eigenvalue weighted by Gasteiger charge is -1.96. The van der Waals surface area contributed by atoms with Gasteiger partial charge in [-0.2, -0.15) is 0 Å². The van der Waals surface area contributed by atoms with Crippen molar-refractivity contribution in [3.05, 3.63) is 12.7 Å². The van der Waals surface area contributed by atoms with Gasteiger partial charge in [-0.25, -0.2) is 0 Å². The molecule has 0 aliphatic carbocycles. The molecule has 10 heavy (non-hydrogen) atoms. The summed E-state index contributed by atoms with van der Waals surface area (Å²) in [5.74, 6) is 0. The molecule has 0 aromatic carbocycles. The lowest BCUT2D eigenvalue weighted by molar-refractivity contribution is 0.0450. The van der Waals surface area contributed by atoms with E-state index in [9.17, 15) is 0 Å². The van der Waals surface area contributed by atoms with Gasteiger partial charge < -0.3 is 15.3 Å². The van der Waals surface area contributed by atoms with Crippen LogP contribution in [0.2, 0.25) is 0 Å². The summed E-state index contributed by atoms with van der Waals surface area (Å²) in [6.45, 7) is 4.81. The molecule has 0 rings (SSSR count). The molecule has 62 valence electrons. The summed E-state index contributed by atoms with van der Waals surface area (Å²) < 4.78 is 0. The number of hydrogen-bond donors (Lipinski definition) is 3. The molecule has 0 unspecified atom stereocenters. The van der Waals surface area contributed by atoms with Gasteiger partial charge in [0.15, 0.2) is 0 Å². The predicted octanol–water partition coefficient (Wildman–Crippen LogP) is -0.0857. The minimum atomic E-state index is -0.954. The van der Waals surface area contributed by atoms with Gasteiger partial charge in [-0.1, -0.05) is 13.0 Å². The van der Waals surface area contributed by atoms with E-state index in [2.05, 4.69) is 13.5 Å². The molecule has 0 aliphatic heterocycles. The van der Waals surface area contributed by atoms with Crippen LogP contribution in [0.1, 0.15) is 13.3 Å². The van der Waals surface area contributed by atoms with Crippen LogP contribution >= 0.6 is 0 Å². The molecule has 0 amide bonds. The normalized spacial score (nSPS) is 8.50. The molecule has 0 bridgehead atoms. The van der Waals surface area contributed by atoms with Gasteiger partial charge in [-0.15, -0.1) is 6.58 Å². The van der Waals surface area contributed by atoms with E-state index in [0.717, 1.165) is 6.42 Å². The molecule has 0 heterocycles. The first-order valence-corrected chi connectivity index (χ1v) is 3.23. The highest BCUT2D eigenvalue weighted by Gasteiger charge is 1.93. The van der Waals surface area contributed by atoms with E-state index in [0.29, 0.717) is 0 Å². The fourth-order valence-electron chi connectivity index (χ4n) is 0.0577. The van der Waals surface area contributed by atoms with Crippen molar-refractivity contribution in [1.82, 2.24) is 0 Å². The van der Waals surface area contributed by atoms with Gasteiger partial charge in [0.1, 0.15) is 6.10 Å². The number of aliphatic hydroxyl groups is 3. The lowest BCUT2D eigenvalue weighted by atomic mass is 10.4. The Morgan fingerprint density at radius 1 is 1.40 bits per heavy atom.